The lowest BCUT2D eigenvalue weighted by atomic mass is 10.0. The smallest absolute Gasteiger partial charge is 0.225 e. The predicted molar refractivity (Wildman–Crippen MR) is 141 cm³/mol. The van der Waals surface area contributed by atoms with E-state index >= 15 is 0 Å². The number of likely N-dealkylation sites (tertiary alicyclic amines) is 1. The van der Waals surface area contributed by atoms with Gasteiger partial charge in [-0.25, -0.2) is 14.6 Å². The van der Waals surface area contributed by atoms with Crippen LogP contribution in [0.2, 0.25) is 0 Å². The number of rotatable bonds is 7. The van der Waals surface area contributed by atoms with Crippen molar-refractivity contribution in [3.63, 3.8) is 0 Å². The molecule has 36 heavy (non-hydrogen) atoms. The highest BCUT2D eigenvalue weighted by Gasteiger charge is 2.30. The second kappa shape index (κ2) is 10.4. The Hall–Kier alpha value is -3.94. The topological polar surface area (TPSA) is 99.2 Å². The molecule has 0 saturated carbocycles. The number of carbonyl (C=O) groups excluding carboxylic acids is 1. The van der Waals surface area contributed by atoms with E-state index in [1.165, 1.54) is 6.33 Å². The third kappa shape index (κ3) is 4.76. The molecule has 1 saturated heterocycles. The van der Waals surface area contributed by atoms with E-state index in [2.05, 4.69) is 16.9 Å². The van der Waals surface area contributed by atoms with Crippen molar-refractivity contribution >= 4 is 22.8 Å². The minimum atomic E-state index is 0.0303. The first-order valence-corrected chi connectivity index (χ1v) is 12.7. The van der Waals surface area contributed by atoms with Gasteiger partial charge in [0.2, 0.25) is 5.91 Å². The second-order valence-electron chi connectivity index (χ2n) is 9.46. The van der Waals surface area contributed by atoms with E-state index in [1.807, 2.05) is 71.1 Å². The molecule has 0 aliphatic carbocycles. The van der Waals surface area contributed by atoms with Crippen molar-refractivity contribution in [3.8, 4) is 22.8 Å². The number of hydrogen-bond acceptors (Lipinski definition) is 6. The molecule has 4 aromatic rings. The molecule has 1 amide bonds. The van der Waals surface area contributed by atoms with Crippen LogP contribution >= 0.6 is 0 Å². The summed E-state index contributed by atoms with van der Waals surface area (Å²) in [6, 6.07) is 17.5. The molecule has 2 N–H and O–H groups in total. The highest BCUT2D eigenvalue weighted by Crippen LogP contribution is 2.35. The molecule has 0 spiro atoms. The molecule has 1 aliphatic heterocycles. The zero-order valence-electron chi connectivity index (χ0n) is 20.8. The number of amides is 1. The molecule has 8 heteroatoms. The fraction of sp³-hybridized carbons (Fsp3) is 0.357. The molecule has 0 radical (unpaired) electrons. The van der Waals surface area contributed by atoms with Crippen LogP contribution in [0, 0.1) is 5.92 Å². The molecular weight excluding hydrogens is 452 g/mol. The average Bonchev–Trinajstić information content (AvgIpc) is 3.30. The summed E-state index contributed by atoms with van der Waals surface area (Å²) in [6.45, 7) is 5.55. The third-order valence-corrected chi connectivity index (χ3v) is 6.82. The number of aromatic nitrogens is 4. The molecule has 3 heterocycles. The Morgan fingerprint density at radius 3 is 2.61 bits per heavy atom. The normalized spacial score (nSPS) is 16.7. The number of piperidine rings is 1. The SMILES string of the molecule is CCCC(C)C(=O)N1CCC[C@@H](n2nc(-c3ccc(Oc4ccccc4)cc3)c3c(N)ncnc32)C1. The van der Waals surface area contributed by atoms with E-state index in [0.29, 0.717) is 18.0 Å². The van der Waals surface area contributed by atoms with E-state index in [1.54, 1.807) is 0 Å². The van der Waals surface area contributed by atoms with Crippen LogP contribution in [-0.4, -0.2) is 43.6 Å². The molecule has 2 aromatic carbocycles. The van der Waals surface area contributed by atoms with E-state index in [9.17, 15) is 4.79 Å². The van der Waals surface area contributed by atoms with E-state index < -0.39 is 0 Å². The van der Waals surface area contributed by atoms with Crippen molar-refractivity contribution < 1.29 is 9.53 Å². The molecule has 1 unspecified atom stereocenters. The molecule has 1 fully saturated rings. The summed E-state index contributed by atoms with van der Waals surface area (Å²) in [5.41, 5.74) is 8.66. The molecular formula is C28H32N6O2. The number of para-hydroxylation sites is 1. The van der Waals surface area contributed by atoms with Gasteiger partial charge in [-0.05, 0) is 55.7 Å². The number of benzene rings is 2. The minimum Gasteiger partial charge on any atom is -0.457 e. The largest absolute Gasteiger partial charge is 0.457 e. The first kappa shape index (κ1) is 23.8. The third-order valence-electron chi connectivity index (χ3n) is 6.82. The van der Waals surface area contributed by atoms with Gasteiger partial charge in [0.15, 0.2) is 5.65 Å². The van der Waals surface area contributed by atoms with E-state index in [4.69, 9.17) is 15.6 Å². The molecule has 0 bridgehead atoms. The standard InChI is InChI=1S/C28H32N6O2/c1-3-8-19(2)28(35)33-16-7-9-21(17-33)34-27-24(26(29)30-18-31-27)25(32-34)20-12-14-23(15-13-20)36-22-10-5-4-6-11-22/h4-6,10-15,18-19,21H,3,7-9,16-17H2,1-2H3,(H2,29,30,31)/t19?,21-/m1/s1. The van der Waals surface area contributed by atoms with Gasteiger partial charge in [-0.15, -0.1) is 0 Å². The van der Waals surface area contributed by atoms with Crippen LogP contribution in [0.25, 0.3) is 22.3 Å². The molecule has 8 nitrogen and oxygen atoms in total. The Morgan fingerprint density at radius 1 is 1.11 bits per heavy atom. The summed E-state index contributed by atoms with van der Waals surface area (Å²) >= 11 is 0. The lowest BCUT2D eigenvalue weighted by molar-refractivity contribution is -0.136. The van der Waals surface area contributed by atoms with Gasteiger partial charge in [-0.1, -0.05) is 38.5 Å². The van der Waals surface area contributed by atoms with E-state index in [-0.39, 0.29) is 17.9 Å². The van der Waals surface area contributed by atoms with Gasteiger partial charge < -0.3 is 15.4 Å². The van der Waals surface area contributed by atoms with Gasteiger partial charge >= 0.3 is 0 Å². The number of fused-ring (bicyclic) bond motifs is 1. The summed E-state index contributed by atoms with van der Waals surface area (Å²) in [7, 11) is 0. The lowest BCUT2D eigenvalue weighted by Gasteiger charge is -2.34. The first-order valence-electron chi connectivity index (χ1n) is 12.7. The Morgan fingerprint density at radius 2 is 1.86 bits per heavy atom. The van der Waals surface area contributed by atoms with Crippen molar-refractivity contribution in [2.45, 2.75) is 45.6 Å². The number of nitrogens with two attached hydrogens (primary N) is 1. The molecule has 186 valence electrons. The second-order valence-corrected chi connectivity index (χ2v) is 9.46. The van der Waals surface area contributed by atoms with Crippen molar-refractivity contribution in [1.29, 1.82) is 0 Å². The van der Waals surface area contributed by atoms with Gasteiger partial charge in [0.05, 0.1) is 11.4 Å². The zero-order chi connectivity index (χ0) is 25.1. The summed E-state index contributed by atoms with van der Waals surface area (Å²) < 4.78 is 7.88. The lowest BCUT2D eigenvalue weighted by Crippen LogP contribution is -2.43. The highest BCUT2D eigenvalue weighted by molar-refractivity contribution is 5.98. The van der Waals surface area contributed by atoms with Crippen LogP contribution in [0.15, 0.2) is 60.9 Å². The van der Waals surface area contributed by atoms with Crippen molar-refractivity contribution in [2.75, 3.05) is 18.8 Å². The number of hydrogen-bond donors (Lipinski definition) is 1. The number of nitrogens with zero attached hydrogens (tertiary/aromatic N) is 5. The Bertz CT molecular complexity index is 1340. The van der Waals surface area contributed by atoms with Crippen LogP contribution in [0.5, 0.6) is 11.5 Å². The highest BCUT2D eigenvalue weighted by atomic mass is 16.5. The maximum atomic E-state index is 13.0. The molecule has 2 aromatic heterocycles. The monoisotopic (exact) mass is 484 g/mol. The zero-order valence-corrected chi connectivity index (χ0v) is 20.8. The predicted octanol–water partition coefficient (Wildman–Crippen LogP) is 5.47. The van der Waals surface area contributed by atoms with Crippen molar-refractivity contribution in [1.82, 2.24) is 24.6 Å². The fourth-order valence-corrected chi connectivity index (χ4v) is 4.98. The van der Waals surface area contributed by atoms with Crippen molar-refractivity contribution in [3.05, 3.63) is 60.9 Å². The van der Waals surface area contributed by atoms with Crippen LogP contribution in [-0.2, 0) is 4.79 Å². The maximum Gasteiger partial charge on any atom is 0.225 e. The first-order chi connectivity index (χ1) is 17.5. The number of nitrogen functional groups attached to an aromatic ring is 1. The Kier molecular flexibility index (Phi) is 6.84. The van der Waals surface area contributed by atoms with Crippen LogP contribution in [0.3, 0.4) is 0 Å². The quantitative estimate of drug-likeness (QED) is 0.374. The fourth-order valence-electron chi connectivity index (χ4n) is 4.98. The number of ether oxygens (including phenoxy) is 1. The Labute approximate surface area is 211 Å². The van der Waals surface area contributed by atoms with Crippen LogP contribution < -0.4 is 10.5 Å². The number of anilines is 1. The summed E-state index contributed by atoms with van der Waals surface area (Å²) in [5, 5.41) is 5.72. The van der Waals surface area contributed by atoms with Gasteiger partial charge in [-0.2, -0.15) is 5.10 Å². The maximum absolute atomic E-state index is 13.0. The average molecular weight is 485 g/mol. The van der Waals surface area contributed by atoms with Gasteiger partial charge in [-0.3, -0.25) is 4.79 Å². The molecule has 1 aliphatic rings. The van der Waals surface area contributed by atoms with E-state index in [0.717, 1.165) is 60.4 Å². The Balaban J connectivity index is 1.45. The molecule has 5 rings (SSSR count). The van der Waals surface area contributed by atoms with Crippen LogP contribution in [0.4, 0.5) is 5.82 Å². The summed E-state index contributed by atoms with van der Waals surface area (Å²) in [4.78, 5) is 23.8. The minimum absolute atomic E-state index is 0.0303. The number of carbonyl (C=O) groups is 1. The van der Waals surface area contributed by atoms with Crippen molar-refractivity contribution in [2.24, 2.45) is 5.92 Å². The summed E-state index contributed by atoms with van der Waals surface area (Å²) in [6.07, 6.45) is 5.24. The van der Waals surface area contributed by atoms with Crippen LogP contribution in [0.1, 0.15) is 45.6 Å². The van der Waals surface area contributed by atoms with Gasteiger partial charge in [0, 0.05) is 24.6 Å². The summed E-state index contributed by atoms with van der Waals surface area (Å²) in [5.74, 6) is 2.17. The van der Waals surface area contributed by atoms with Gasteiger partial charge in [0.1, 0.15) is 29.3 Å². The molecule has 2 atom stereocenters. The van der Waals surface area contributed by atoms with Gasteiger partial charge in [0.25, 0.3) is 0 Å².